The van der Waals surface area contributed by atoms with Gasteiger partial charge in [0, 0.05) is 11.5 Å². The maximum atomic E-state index is 11.9. The van der Waals surface area contributed by atoms with Gasteiger partial charge in [-0.05, 0) is 32.8 Å². The van der Waals surface area contributed by atoms with Gasteiger partial charge >= 0.3 is 5.97 Å². The molecule has 2 aliphatic heterocycles. The summed E-state index contributed by atoms with van der Waals surface area (Å²) in [6.45, 7) is 7.52. The molecule has 4 rings (SSSR count). The van der Waals surface area contributed by atoms with E-state index in [0.29, 0.717) is 18.4 Å². The number of ether oxygens (including phenoxy) is 1. The summed E-state index contributed by atoms with van der Waals surface area (Å²) in [6.07, 6.45) is 4.59. The summed E-state index contributed by atoms with van der Waals surface area (Å²) in [5, 5.41) is 10.9. The van der Waals surface area contributed by atoms with Crippen LogP contribution in [0.15, 0.2) is 24.3 Å². The number of fused-ring (bicyclic) bond motifs is 1. The first-order valence-corrected chi connectivity index (χ1v) is 7.00. The third kappa shape index (κ3) is 1.18. The lowest BCUT2D eigenvalue weighted by Gasteiger charge is -2.39. The second-order valence-electron chi connectivity index (χ2n) is 6.77. The quantitative estimate of drug-likeness (QED) is 0.313. The Bertz CT molecular complexity index is 550. The Labute approximate surface area is 117 Å². The van der Waals surface area contributed by atoms with Crippen molar-refractivity contribution in [1.82, 2.24) is 0 Å². The molecule has 0 amide bonds. The van der Waals surface area contributed by atoms with Crippen molar-refractivity contribution in [3.8, 4) is 0 Å². The van der Waals surface area contributed by atoms with Gasteiger partial charge in [0.05, 0.1) is 11.5 Å². The van der Waals surface area contributed by atoms with Gasteiger partial charge in [0.1, 0.15) is 11.7 Å². The third-order valence-corrected chi connectivity index (χ3v) is 5.56. The highest BCUT2D eigenvalue weighted by Gasteiger charge is 2.73. The predicted molar refractivity (Wildman–Crippen MR) is 68.3 cm³/mol. The van der Waals surface area contributed by atoms with E-state index < -0.39 is 16.8 Å². The minimum absolute atomic E-state index is 0.0784. The van der Waals surface area contributed by atoms with Crippen molar-refractivity contribution in [2.45, 2.75) is 49.6 Å². The van der Waals surface area contributed by atoms with Crippen LogP contribution in [0.5, 0.6) is 0 Å². The van der Waals surface area contributed by atoms with E-state index in [0.717, 1.165) is 0 Å². The highest BCUT2D eigenvalue weighted by Crippen LogP contribution is 2.61. The molecule has 20 heavy (non-hydrogen) atoms. The minimum atomic E-state index is -1.07. The maximum Gasteiger partial charge on any atom is 0.334 e. The number of hydrogen-bond acceptors (Lipinski definition) is 5. The van der Waals surface area contributed by atoms with Crippen molar-refractivity contribution in [3.05, 3.63) is 24.3 Å². The first kappa shape index (κ1) is 12.6. The molecule has 108 valence electrons. The zero-order valence-electron chi connectivity index (χ0n) is 11.6. The van der Waals surface area contributed by atoms with Gasteiger partial charge in [0.25, 0.3) is 0 Å². The predicted octanol–water partition coefficient (Wildman–Crippen LogP) is 1.27. The van der Waals surface area contributed by atoms with Crippen molar-refractivity contribution in [1.29, 1.82) is 0 Å². The molecule has 2 saturated heterocycles. The highest BCUT2D eigenvalue weighted by molar-refractivity contribution is 5.91. The second-order valence-corrected chi connectivity index (χ2v) is 6.77. The van der Waals surface area contributed by atoms with Gasteiger partial charge in [-0.2, -0.15) is 0 Å². The standard InChI is InChI=1S/C15H18O5/c1-8-9-4-5-14(3,17)15-7-6-13(2,19-20-15)11(15)10(9)18-12(8)16/h6-7,9-11,17H,1,4-5H2,2-3H3/t9-,10-,11-,13+,14-,15-/m0/s1. The van der Waals surface area contributed by atoms with Crippen LogP contribution in [-0.2, 0) is 19.3 Å². The van der Waals surface area contributed by atoms with Crippen LogP contribution in [0.2, 0.25) is 0 Å². The second kappa shape index (κ2) is 3.35. The molecule has 3 fully saturated rings. The molecule has 0 radical (unpaired) electrons. The summed E-state index contributed by atoms with van der Waals surface area (Å²) in [5.41, 5.74) is -2.20. The molecule has 0 aromatic heterocycles. The molecule has 0 spiro atoms. The van der Waals surface area contributed by atoms with E-state index in [9.17, 15) is 9.90 Å². The molecule has 2 heterocycles. The smallest absolute Gasteiger partial charge is 0.334 e. The molecule has 0 aromatic rings. The molecule has 1 saturated carbocycles. The molecule has 0 aromatic carbocycles. The van der Waals surface area contributed by atoms with Crippen LogP contribution in [0.25, 0.3) is 0 Å². The average molecular weight is 278 g/mol. The summed E-state index contributed by atoms with van der Waals surface area (Å²) in [5.74, 6) is -0.669. The molecule has 2 aliphatic carbocycles. The molecule has 0 unspecified atom stereocenters. The van der Waals surface area contributed by atoms with Gasteiger partial charge in [0.15, 0.2) is 5.60 Å². The number of rotatable bonds is 0. The molecule has 1 N–H and O–H groups in total. The van der Waals surface area contributed by atoms with Crippen LogP contribution in [0.4, 0.5) is 0 Å². The molecular weight excluding hydrogens is 260 g/mol. The Kier molecular flexibility index (Phi) is 2.10. The third-order valence-electron chi connectivity index (χ3n) is 5.56. The van der Waals surface area contributed by atoms with Crippen molar-refractivity contribution in [2.75, 3.05) is 0 Å². The fourth-order valence-electron chi connectivity index (χ4n) is 4.32. The van der Waals surface area contributed by atoms with Crippen LogP contribution >= 0.6 is 0 Å². The topological polar surface area (TPSA) is 65.0 Å². The van der Waals surface area contributed by atoms with Gasteiger partial charge in [0.2, 0.25) is 0 Å². The summed E-state index contributed by atoms with van der Waals surface area (Å²) < 4.78 is 5.56. The molecule has 4 aliphatic rings. The van der Waals surface area contributed by atoms with Crippen molar-refractivity contribution in [2.24, 2.45) is 11.8 Å². The van der Waals surface area contributed by atoms with Gasteiger partial charge in [-0.3, -0.25) is 0 Å². The van der Waals surface area contributed by atoms with Crippen LogP contribution in [0.1, 0.15) is 26.7 Å². The minimum Gasteiger partial charge on any atom is -0.458 e. The van der Waals surface area contributed by atoms with Crippen LogP contribution in [0.3, 0.4) is 0 Å². The van der Waals surface area contributed by atoms with Crippen molar-refractivity contribution >= 4 is 5.97 Å². The Morgan fingerprint density at radius 3 is 2.75 bits per heavy atom. The first-order chi connectivity index (χ1) is 9.31. The average Bonchev–Trinajstić information content (AvgIpc) is 2.92. The number of carbonyl (C=O) groups is 1. The lowest BCUT2D eigenvalue weighted by Crippen LogP contribution is -2.56. The van der Waals surface area contributed by atoms with Crippen LogP contribution < -0.4 is 0 Å². The number of esters is 1. The summed E-state index contributed by atoms with van der Waals surface area (Å²) >= 11 is 0. The van der Waals surface area contributed by atoms with Gasteiger partial charge in [-0.1, -0.05) is 12.7 Å². The monoisotopic (exact) mass is 278 g/mol. The number of hydrogen-bond donors (Lipinski definition) is 1. The molecule has 5 nitrogen and oxygen atoms in total. The molecule has 2 bridgehead atoms. The Balaban J connectivity index is 1.88. The van der Waals surface area contributed by atoms with E-state index in [1.165, 1.54) is 0 Å². The van der Waals surface area contributed by atoms with E-state index in [1.54, 1.807) is 6.92 Å². The normalized spacial score (nSPS) is 56.5. The van der Waals surface area contributed by atoms with E-state index in [-0.39, 0.29) is 23.9 Å². The number of carbonyl (C=O) groups excluding carboxylic acids is 1. The van der Waals surface area contributed by atoms with Crippen LogP contribution in [0, 0.1) is 11.8 Å². The van der Waals surface area contributed by atoms with Crippen LogP contribution in [-0.4, -0.2) is 34.0 Å². The summed E-state index contributed by atoms with van der Waals surface area (Å²) in [7, 11) is 0. The molecule has 5 heteroatoms. The number of aliphatic hydroxyl groups is 1. The van der Waals surface area contributed by atoms with E-state index in [1.807, 2.05) is 19.1 Å². The van der Waals surface area contributed by atoms with Crippen molar-refractivity contribution < 1.29 is 24.4 Å². The van der Waals surface area contributed by atoms with E-state index in [2.05, 4.69) is 6.58 Å². The maximum absolute atomic E-state index is 11.9. The fraction of sp³-hybridized carbons (Fsp3) is 0.667. The zero-order chi connectivity index (χ0) is 14.3. The Morgan fingerprint density at radius 2 is 2.10 bits per heavy atom. The zero-order valence-corrected chi connectivity index (χ0v) is 11.6. The van der Waals surface area contributed by atoms with Crippen molar-refractivity contribution in [3.63, 3.8) is 0 Å². The van der Waals surface area contributed by atoms with E-state index in [4.69, 9.17) is 14.5 Å². The highest BCUT2D eigenvalue weighted by atomic mass is 17.2. The summed E-state index contributed by atoms with van der Waals surface area (Å²) in [4.78, 5) is 22.9. The van der Waals surface area contributed by atoms with Gasteiger partial charge in [-0.15, -0.1) is 0 Å². The lowest BCUT2D eigenvalue weighted by atomic mass is 9.71. The molecular formula is C15H18O5. The SMILES string of the molecule is C=C1C(=O)O[C@H]2[C@H]1CC[C@](C)(O)[C@@]13C=C[C@@](C)(OO1)[C@H]23. The fourth-order valence-corrected chi connectivity index (χ4v) is 4.32. The largest absolute Gasteiger partial charge is 0.458 e. The Morgan fingerprint density at radius 1 is 1.35 bits per heavy atom. The molecule has 6 atom stereocenters. The van der Waals surface area contributed by atoms with Gasteiger partial charge < -0.3 is 9.84 Å². The first-order valence-electron chi connectivity index (χ1n) is 7.00. The lowest BCUT2D eigenvalue weighted by molar-refractivity contribution is -0.360. The van der Waals surface area contributed by atoms with Gasteiger partial charge in [-0.25, -0.2) is 14.6 Å². The Hall–Kier alpha value is -1.17. The summed E-state index contributed by atoms with van der Waals surface area (Å²) in [6, 6.07) is 0. The van der Waals surface area contributed by atoms with E-state index >= 15 is 0 Å².